The Morgan fingerprint density at radius 3 is 3.00 bits per heavy atom. The average Bonchev–Trinajstić information content (AvgIpc) is 3.22. The highest BCUT2D eigenvalue weighted by atomic mass is 32.1. The third-order valence-corrected chi connectivity index (χ3v) is 6.26. The maximum Gasteiger partial charge on any atom is 0.241 e. The predicted molar refractivity (Wildman–Crippen MR) is 84.1 cm³/mol. The topological polar surface area (TPSA) is 35.6 Å². The van der Waals surface area contributed by atoms with Crippen molar-refractivity contribution in [2.45, 2.75) is 56.9 Å². The maximum atomic E-state index is 12.9. The van der Waals surface area contributed by atoms with Crippen molar-refractivity contribution in [3.63, 3.8) is 0 Å². The van der Waals surface area contributed by atoms with Gasteiger partial charge in [0.05, 0.1) is 12.1 Å². The molecule has 114 valence electrons. The molecule has 4 nitrogen and oxygen atoms in total. The fraction of sp³-hybridized carbons (Fsp3) is 0.688. The molecular weight excluding hydrogens is 282 g/mol. The summed E-state index contributed by atoms with van der Waals surface area (Å²) in [6.45, 7) is 4.48. The summed E-state index contributed by atoms with van der Waals surface area (Å²) in [5.41, 5.74) is 0. The van der Waals surface area contributed by atoms with E-state index in [9.17, 15) is 4.79 Å². The zero-order valence-corrected chi connectivity index (χ0v) is 13.3. The van der Waals surface area contributed by atoms with Crippen molar-refractivity contribution in [3.8, 4) is 0 Å². The molecular formula is C16H23N3OS. The monoisotopic (exact) mass is 305 g/mol. The molecule has 3 saturated heterocycles. The molecule has 0 radical (unpaired) electrons. The number of carbonyl (C=O) groups is 1. The molecule has 1 aromatic rings. The number of nitrogens with one attached hydrogen (secondary N) is 1. The quantitative estimate of drug-likeness (QED) is 0.930. The van der Waals surface area contributed by atoms with Gasteiger partial charge >= 0.3 is 0 Å². The summed E-state index contributed by atoms with van der Waals surface area (Å²) in [5.74, 6) is 0.314. The van der Waals surface area contributed by atoms with Gasteiger partial charge in [0.15, 0.2) is 0 Å². The lowest BCUT2D eigenvalue weighted by atomic mass is 10.0. The van der Waals surface area contributed by atoms with Gasteiger partial charge in [-0.15, -0.1) is 11.3 Å². The lowest BCUT2D eigenvalue weighted by Crippen LogP contribution is -2.45. The van der Waals surface area contributed by atoms with Crippen molar-refractivity contribution in [3.05, 3.63) is 22.4 Å². The standard InChI is InChI=1S/C16H23N3OS/c1-2-11-16(20)19(15(17-11)14-6-4-10-21-14)13-7-9-18-8-3-5-12(13)18/h4,6,10-13,15,17H,2-3,5,7-9H2,1H3. The van der Waals surface area contributed by atoms with Crippen LogP contribution in [0.25, 0.3) is 0 Å². The van der Waals surface area contributed by atoms with E-state index in [0.717, 1.165) is 19.4 Å². The second kappa shape index (κ2) is 5.38. The number of nitrogens with zero attached hydrogens (tertiary/aromatic N) is 2. The van der Waals surface area contributed by atoms with Gasteiger partial charge in [0.2, 0.25) is 5.91 Å². The van der Waals surface area contributed by atoms with Gasteiger partial charge in [-0.3, -0.25) is 15.0 Å². The van der Waals surface area contributed by atoms with Gasteiger partial charge in [-0.2, -0.15) is 0 Å². The second-order valence-electron chi connectivity index (χ2n) is 6.39. The van der Waals surface area contributed by atoms with E-state index < -0.39 is 0 Å². The van der Waals surface area contributed by atoms with Crippen molar-refractivity contribution in [2.75, 3.05) is 13.1 Å². The highest BCUT2D eigenvalue weighted by Crippen LogP contribution is 2.38. The first-order valence-corrected chi connectivity index (χ1v) is 9.03. The van der Waals surface area contributed by atoms with E-state index in [2.05, 4.69) is 39.6 Å². The highest BCUT2D eigenvalue weighted by molar-refractivity contribution is 7.10. The molecule has 3 fully saturated rings. The van der Waals surface area contributed by atoms with Gasteiger partial charge in [0.1, 0.15) is 6.17 Å². The van der Waals surface area contributed by atoms with Gasteiger partial charge < -0.3 is 4.90 Å². The molecule has 21 heavy (non-hydrogen) atoms. The first-order chi connectivity index (χ1) is 10.3. The third-order valence-electron chi connectivity index (χ3n) is 5.34. The number of hydrogen-bond acceptors (Lipinski definition) is 4. The van der Waals surface area contributed by atoms with Crippen LogP contribution in [0.15, 0.2) is 17.5 Å². The SMILES string of the molecule is CCC1NC(c2cccs2)N(C2CCN3CCCC23)C1=O. The number of hydrogen-bond donors (Lipinski definition) is 1. The van der Waals surface area contributed by atoms with Crippen LogP contribution in [-0.2, 0) is 4.79 Å². The van der Waals surface area contributed by atoms with E-state index in [0.29, 0.717) is 18.0 Å². The second-order valence-corrected chi connectivity index (χ2v) is 7.37. The van der Waals surface area contributed by atoms with Crippen molar-refractivity contribution in [2.24, 2.45) is 0 Å². The number of amides is 1. The Hall–Kier alpha value is -0.910. The van der Waals surface area contributed by atoms with E-state index in [1.165, 1.54) is 24.3 Å². The Kier molecular flexibility index (Phi) is 3.52. The third kappa shape index (κ3) is 2.14. The van der Waals surface area contributed by atoms with Crippen LogP contribution < -0.4 is 5.32 Å². The molecule has 1 N–H and O–H groups in total. The fourth-order valence-corrected chi connectivity index (χ4v) is 5.12. The molecule has 4 unspecified atom stereocenters. The van der Waals surface area contributed by atoms with Crippen LogP contribution in [0.4, 0.5) is 0 Å². The summed E-state index contributed by atoms with van der Waals surface area (Å²) in [5, 5.41) is 5.67. The van der Waals surface area contributed by atoms with Crippen molar-refractivity contribution in [1.82, 2.24) is 15.1 Å². The minimum atomic E-state index is -0.00690. The molecule has 1 amide bonds. The number of carbonyl (C=O) groups excluding carboxylic acids is 1. The normalized spacial score (nSPS) is 36.6. The van der Waals surface area contributed by atoms with E-state index in [4.69, 9.17) is 0 Å². The van der Waals surface area contributed by atoms with Gasteiger partial charge in [-0.25, -0.2) is 0 Å². The maximum absolute atomic E-state index is 12.9. The Labute approximate surface area is 130 Å². The molecule has 0 spiro atoms. The van der Waals surface area contributed by atoms with Gasteiger partial charge in [-0.05, 0) is 43.7 Å². The van der Waals surface area contributed by atoms with E-state index in [-0.39, 0.29) is 12.2 Å². The van der Waals surface area contributed by atoms with E-state index in [1.807, 2.05) is 0 Å². The summed E-state index contributed by atoms with van der Waals surface area (Å²) in [6.07, 6.45) is 4.64. The molecule has 4 heterocycles. The molecule has 4 atom stereocenters. The molecule has 0 bridgehead atoms. The molecule has 4 rings (SSSR count). The summed E-state index contributed by atoms with van der Waals surface area (Å²) < 4.78 is 0. The Bertz CT molecular complexity index is 518. The van der Waals surface area contributed by atoms with Gasteiger partial charge in [0.25, 0.3) is 0 Å². The summed E-state index contributed by atoms with van der Waals surface area (Å²) in [7, 11) is 0. The first kappa shape index (κ1) is 13.7. The average molecular weight is 305 g/mol. The van der Waals surface area contributed by atoms with E-state index in [1.54, 1.807) is 11.3 Å². The number of rotatable bonds is 3. The van der Waals surface area contributed by atoms with Crippen LogP contribution in [0, 0.1) is 0 Å². The lowest BCUT2D eigenvalue weighted by molar-refractivity contribution is -0.132. The zero-order chi connectivity index (χ0) is 14.4. The summed E-state index contributed by atoms with van der Waals surface area (Å²) >= 11 is 1.75. The highest BCUT2D eigenvalue weighted by Gasteiger charge is 2.49. The van der Waals surface area contributed by atoms with Crippen LogP contribution in [0.5, 0.6) is 0 Å². The zero-order valence-electron chi connectivity index (χ0n) is 12.5. The smallest absolute Gasteiger partial charge is 0.241 e. The molecule has 0 aliphatic carbocycles. The van der Waals surface area contributed by atoms with Gasteiger partial charge in [0, 0.05) is 17.5 Å². The summed E-state index contributed by atoms with van der Waals surface area (Å²) in [4.78, 5) is 18.9. The van der Waals surface area contributed by atoms with Crippen molar-refractivity contribution >= 4 is 17.2 Å². The van der Waals surface area contributed by atoms with Crippen LogP contribution in [0.3, 0.4) is 0 Å². The Balaban J connectivity index is 1.65. The number of fused-ring (bicyclic) bond motifs is 1. The van der Waals surface area contributed by atoms with Gasteiger partial charge in [-0.1, -0.05) is 13.0 Å². The molecule has 0 saturated carbocycles. The molecule has 3 aliphatic rings. The van der Waals surface area contributed by atoms with Crippen molar-refractivity contribution < 1.29 is 4.79 Å². The van der Waals surface area contributed by atoms with Crippen LogP contribution >= 0.6 is 11.3 Å². The van der Waals surface area contributed by atoms with Crippen LogP contribution in [0.1, 0.15) is 43.6 Å². The van der Waals surface area contributed by atoms with Crippen LogP contribution in [-0.4, -0.2) is 46.9 Å². The number of thiophene rings is 1. The minimum Gasteiger partial charge on any atom is -0.316 e. The first-order valence-electron chi connectivity index (χ1n) is 8.15. The molecule has 0 aromatic carbocycles. The largest absolute Gasteiger partial charge is 0.316 e. The Morgan fingerprint density at radius 1 is 1.33 bits per heavy atom. The Morgan fingerprint density at radius 2 is 2.24 bits per heavy atom. The molecule has 1 aromatic heterocycles. The molecule has 3 aliphatic heterocycles. The van der Waals surface area contributed by atoms with Crippen molar-refractivity contribution in [1.29, 1.82) is 0 Å². The fourth-order valence-electron chi connectivity index (χ4n) is 4.34. The predicted octanol–water partition coefficient (Wildman–Crippen LogP) is 2.19. The summed E-state index contributed by atoms with van der Waals surface area (Å²) in [6, 6.07) is 5.22. The minimum absolute atomic E-state index is 0.00690. The van der Waals surface area contributed by atoms with Crippen LogP contribution in [0.2, 0.25) is 0 Å². The lowest BCUT2D eigenvalue weighted by Gasteiger charge is -2.33. The van der Waals surface area contributed by atoms with E-state index >= 15 is 0 Å². The molecule has 5 heteroatoms.